The molecule has 4 heteroatoms. The molecule has 1 aliphatic carbocycles. The van der Waals surface area contributed by atoms with Crippen LogP contribution in [0.3, 0.4) is 0 Å². The molecule has 1 aliphatic rings. The molecule has 0 radical (unpaired) electrons. The summed E-state index contributed by atoms with van der Waals surface area (Å²) >= 11 is 0. The molecule has 0 aromatic rings. The molecule has 12 heavy (non-hydrogen) atoms. The van der Waals surface area contributed by atoms with Gasteiger partial charge in [-0.15, -0.1) is 0 Å². The molecule has 70 valence electrons. The summed E-state index contributed by atoms with van der Waals surface area (Å²) in [5.74, 6) is -0.991. The van der Waals surface area contributed by atoms with Crippen LogP contribution < -0.4 is 5.32 Å². The highest BCUT2D eigenvalue weighted by Gasteiger charge is 2.37. The first-order valence-corrected chi connectivity index (χ1v) is 4.12. The largest absolute Gasteiger partial charge is 0.480 e. The van der Waals surface area contributed by atoms with Gasteiger partial charge in [-0.25, -0.2) is 0 Å². The number of aliphatic hydroxyl groups is 1. The van der Waals surface area contributed by atoms with Crippen LogP contribution in [0.1, 0.15) is 26.7 Å². The van der Waals surface area contributed by atoms with Gasteiger partial charge in [0.2, 0.25) is 0 Å². The summed E-state index contributed by atoms with van der Waals surface area (Å²) in [6.07, 6.45) is 2.03. The molecule has 1 atom stereocenters. The van der Waals surface area contributed by atoms with E-state index in [0.717, 1.165) is 12.8 Å². The Morgan fingerprint density at radius 3 is 2.33 bits per heavy atom. The summed E-state index contributed by atoms with van der Waals surface area (Å²) in [6.45, 7) is 3.00. The summed E-state index contributed by atoms with van der Waals surface area (Å²) in [4.78, 5) is 10.7. The Morgan fingerprint density at radius 2 is 2.08 bits per heavy atom. The Kier molecular flexibility index (Phi) is 2.39. The molecule has 0 bridgehead atoms. The molecule has 0 aromatic carbocycles. The van der Waals surface area contributed by atoms with E-state index in [1.807, 2.05) is 0 Å². The van der Waals surface area contributed by atoms with Crippen LogP contribution in [0, 0.1) is 0 Å². The second-order valence-corrected chi connectivity index (χ2v) is 3.87. The predicted octanol–water partition coefficient (Wildman–Crippen LogP) is -0.0375. The molecule has 1 fully saturated rings. The third-order valence-corrected chi connectivity index (χ3v) is 1.93. The maximum atomic E-state index is 10.7. The summed E-state index contributed by atoms with van der Waals surface area (Å²) in [5.41, 5.74) is -1.20. The van der Waals surface area contributed by atoms with Crippen molar-refractivity contribution < 1.29 is 15.0 Å². The minimum Gasteiger partial charge on any atom is -0.480 e. The van der Waals surface area contributed by atoms with Gasteiger partial charge in [-0.2, -0.15) is 0 Å². The molecule has 0 heterocycles. The molecular formula is C8H15NO3. The lowest BCUT2D eigenvalue weighted by Gasteiger charge is -2.26. The van der Waals surface area contributed by atoms with Crippen LogP contribution in [0.2, 0.25) is 0 Å². The Hall–Kier alpha value is -0.610. The van der Waals surface area contributed by atoms with Gasteiger partial charge in [0.1, 0.15) is 6.04 Å². The zero-order chi connectivity index (χ0) is 9.35. The van der Waals surface area contributed by atoms with Crippen LogP contribution in [-0.2, 0) is 4.79 Å². The standard InChI is InChI=1S/C8H15NO3/c1-8(2,12)6(7(10)11)9-5-3-4-5/h5-6,9,12H,3-4H2,1-2H3,(H,10,11)/t6-/m1/s1. The van der Waals surface area contributed by atoms with Crippen LogP contribution >= 0.6 is 0 Å². The molecule has 0 saturated heterocycles. The number of rotatable bonds is 4. The number of carboxylic acids is 1. The van der Waals surface area contributed by atoms with Gasteiger partial charge in [0, 0.05) is 6.04 Å². The number of hydrogen-bond donors (Lipinski definition) is 3. The lowest BCUT2D eigenvalue weighted by atomic mass is 9.99. The third-order valence-electron chi connectivity index (χ3n) is 1.93. The van der Waals surface area contributed by atoms with Gasteiger partial charge in [-0.05, 0) is 26.7 Å². The van der Waals surface area contributed by atoms with Gasteiger partial charge in [0.25, 0.3) is 0 Å². The van der Waals surface area contributed by atoms with E-state index in [1.54, 1.807) is 0 Å². The van der Waals surface area contributed by atoms with Gasteiger partial charge in [-0.3, -0.25) is 10.1 Å². The topological polar surface area (TPSA) is 69.6 Å². The van der Waals surface area contributed by atoms with Crippen molar-refractivity contribution >= 4 is 5.97 Å². The van der Waals surface area contributed by atoms with Crippen molar-refractivity contribution in [1.82, 2.24) is 5.32 Å². The van der Waals surface area contributed by atoms with Crippen molar-refractivity contribution in [2.24, 2.45) is 0 Å². The maximum Gasteiger partial charge on any atom is 0.323 e. The Balaban J connectivity index is 2.53. The minimum atomic E-state index is -1.20. The summed E-state index contributed by atoms with van der Waals surface area (Å²) in [5, 5.41) is 21.1. The lowest BCUT2D eigenvalue weighted by molar-refractivity contribution is -0.145. The molecule has 0 unspecified atom stereocenters. The van der Waals surface area contributed by atoms with Crippen LogP contribution in [0.25, 0.3) is 0 Å². The van der Waals surface area contributed by atoms with Crippen molar-refractivity contribution in [2.45, 2.75) is 44.4 Å². The van der Waals surface area contributed by atoms with Gasteiger partial charge in [0.05, 0.1) is 5.60 Å². The predicted molar refractivity (Wildman–Crippen MR) is 43.9 cm³/mol. The second-order valence-electron chi connectivity index (χ2n) is 3.87. The summed E-state index contributed by atoms with van der Waals surface area (Å²) in [7, 11) is 0. The monoisotopic (exact) mass is 173 g/mol. The van der Waals surface area contributed by atoms with Crippen molar-refractivity contribution in [1.29, 1.82) is 0 Å². The SMILES string of the molecule is CC(C)(O)[C@H](NC1CC1)C(=O)O. The van der Waals surface area contributed by atoms with E-state index >= 15 is 0 Å². The minimum absolute atomic E-state index is 0.289. The van der Waals surface area contributed by atoms with E-state index in [9.17, 15) is 9.90 Å². The first-order chi connectivity index (χ1) is 5.41. The molecule has 0 spiro atoms. The fourth-order valence-corrected chi connectivity index (χ4v) is 1.06. The van der Waals surface area contributed by atoms with E-state index in [0.29, 0.717) is 0 Å². The highest BCUT2D eigenvalue weighted by atomic mass is 16.4. The van der Waals surface area contributed by atoms with E-state index in [-0.39, 0.29) is 6.04 Å². The van der Waals surface area contributed by atoms with Crippen molar-refractivity contribution in [3.05, 3.63) is 0 Å². The molecule has 1 saturated carbocycles. The normalized spacial score (nSPS) is 20.6. The Bertz CT molecular complexity index is 181. The second kappa shape index (κ2) is 3.03. The maximum absolute atomic E-state index is 10.7. The molecule has 3 N–H and O–H groups in total. The number of nitrogens with one attached hydrogen (secondary N) is 1. The summed E-state index contributed by atoms with van der Waals surface area (Å²) < 4.78 is 0. The zero-order valence-electron chi connectivity index (χ0n) is 7.37. The molecule has 4 nitrogen and oxygen atoms in total. The molecule has 0 aromatic heterocycles. The Morgan fingerprint density at radius 1 is 1.58 bits per heavy atom. The Labute approximate surface area is 71.6 Å². The van der Waals surface area contributed by atoms with Crippen LogP contribution in [0.4, 0.5) is 0 Å². The van der Waals surface area contributed by atoms with Crippen LogP contribution in [-0.4, -0.2) is 33.9 Å². The van der Waals surface area contributed by atoms with Crippen molar-refractivity contribution in [2.75, 3.05) is 0 Å². The van der Waals surface area contributed by atoms with E-state index < -0.39 is 17.6 Å². The van der Waals surface area contributed by atoms with E-state index in [2.05, 4.69) is 5.32 Å². The molecule has 0 amide bonds. The fraction of sp³-hybridized carbons (Fsp3) is 0.875. The van der Waals surface area contributed by atoms with Crippen molar-refractivity contribution in [3.63, 3.8) is 0 Å². The average molecular weight is 173 g/mol. The third kappa shape index (κ3) is 2.46. The number of aliphatic carboxylic acids is 1. The van der Waals surface area contributed by atoms with Gasteiger partial charge in [-0.1, -0.05) is 0 Å². The van der Waals surface area contributed by atoms with Crippen LogP contribution in [0.5, 0.6) is 0 Å². The zero-order valence-corrected chi connectivity index (χ0v) is 7.37. The fourth-order valence-electron chi connectivity index (χ4n) is 1.06. The highest BCUT2D eigenvalue weighted by Crippen LogP contribution is 2.22. The quantitative estimate of drug-likeness (QED) is 0.558. The summed E-state index contributed by atoms with van der Waals surface area (Å²) in [6, 6.07) is -0.567. The van der Waals surface area contributed by atoms with Gasteiger partial charge < -0.3 is 10.2 Å². The number of carboxylic acid groups (broad SMARTS) is 1. The van der Waals surface area contributed by atoms with Gasteiger partial charge in [0.15, 0.2) is 0 Å². The van der Waals surface area contributed by atoms with E-state index in [1.165, 1.54) is 13.8 Å². The van der Waals surface area contributed by atoms with Crippen LogP contribution in [0.15, 0.2) is 0 Å². The average Bonchev–Trinajstić information content (AvgIpc) is 2.61. The lowest BCUT2D eigenvalue weighted by Crippen LogP contribution is -2.52. The van der Waals surface area contributed by atoms with Crippen molar-refractivity contribution in [3.8, 4) is 0 Å². The first-order valence-electron chi connectivity index (χ1n) is 4.12. The molecular weight excluding hydrogens is 158 g/mol. The smallest absolute Gasteiger partial charge is 0.323 e. The molecule has 1 rings (SSSR count). The van der Waals surface area contributed by atoms with E-state index in [4.69, 9.17) is 5.11 Å². The van der Waals surface area contributed by atoms with Gasteiger partial charge >= 0.3 is 5.97 Å². The molecule has 0 aliphatic heterocycles. The number of hydrogen-bond acceptors (Lipinski definition) is 3. The first kappa shape index (κ1) is 9.48. The highest BCUT2D eigenvalue weighted by molar-refractivity contribution is 5.75. The number of carbonyl (C=O) groups is 1.